The molecule has 1 aliphatic rings. The molecule has 22 heavy (non-hydrogen) atoms. The van der Waals surface area contributed by atoms with Gasteiger partial charge in [0, 0.05) is 4.20 Å². The predicted octanol–water partition coefficient (Wildman–Crippen LogP) is 7.75. The van der Waals surface area contributed by atoms with E-state index in [0.29, 0.717) is 0 Å². The monoisotopic (exact) mass is 342 g/mol. The first-order chi connectivity index (χ1) is 10.7. The van der Waals surface area contributed by atoms with Crippen molar-refractivity contribution < 1.29 is 0 Å². The maximum absolute atomic E-state index is 5.01. The fraction of sp³-hybridized carbons (Fsp3) is 0.950. The minimum Gasteiger partial charge on any atom is -0.136 e. The summed E-state index contributed by atoms with van der Waals surface area (Å²) < 4.78 is 0.884. The maximum atomic E-state index is 5.01. The summed E-state index contributed by atoms with van der Waals surface area (Å²) in [7, 11) is 0. The molecule has 0 aromatic carbocycles. The zero-order valence-electron chi connectivity index (χ0n) is 14.8. The van der Waals surface area contributed by atoms with E-state index < -0.39 is 0 Å². The van der Waals surface area contributed by atoms with Crippen LogP contribution in [0.5, 0.6) is 0 Å². The minimum absolute atomic E-state index is 0.884. The zero-order valence-corrected chi connectivity index (χ0v) is 16.5. The number of unbranched alkanes of at least 4 members (excludes halogenated alkanes) is 8. The highest BCUT2D eigenvalue weighted by Gasteiger charge is 2.25. The molecule has 0 bridgehead atoms. The summed E-state index contributed by atoms with van der Waals surface area (Å²) in [5.74, 6) is 2.12. The van der Waals surface area contributed by atoms with Crippen molar-refractivity contribution >= 4 is 29.0 Å². The normalized spacial score (nSPS) is 21.4. The molecule has 2 heteroatoms. The van der Waals surface area contributed by atoms with Gasteiger partial charge in [-0.15, -0.1) is 12.6 Å². The van der Waals surface area contributed by atoms with Crippen molar-refractivity contribution in [2.24, 2.45) is 11.8 Å². The number of hydrogen-bond acceptors (Lipinski definition) is 1. The Morgan fingerprint density at radius 3 is 1.86 bits per heavy atom. The molecule has 1 saturated carbocycles. The zero-order chi connectivity index (χ0) is 16.0. The molecule has 1 aliphatic carbocycles. The van der Waals surface area contributed by atoms with Gasteiger partial charge in [0.15, 0.2) is 0 Å². The predicted molar refractivity (Wildman–Crippen MR) is 108 cm³/mol. The van der Waals surface area contributed by atoms with Gasteiger partial charge in [0.25, 0.3) is 0 Å². The molecule has 1 rings (SSSR count). The Labute approximate surface area is 150 Å². The summed E-state index contributed by atoms with van der Waals surface area (Å²) in [5, 5.41) is 0. The number of rotatable bonds is 14. The molecule has 0 nitrogen and oxygen atoms in total. The van der Waals surface area contributed by atoms with Crippen molar-refractivity contribution in [3.63, 3.8) is 0 Å². The summed E-state index contributed by atoms with van der Waals surface area (Å²) in [6.07, 6.45) is 22.7. The Kier molecular flexibility index (Phi) is 12.9. The first-order valence-corrected chi connectivity index (χ1v) is 10.8. The lowest BCUT2D eigenvalue weighted by atomic mass is 9.86. The first kappa shape index (κ1) is 20.5. The van der Waals surface area contributed by atoms with Gasteiger partial charge in [-0.05, 0) is 24.7 Å². The van der Waals surface area contributed by atoms with Crippen molar-refractivity contribution in [1.29, 1.82) is 0 Å². The van der Waals surface area contributed by atoms with Crippen molar-refractivity contribution in [2.75, 3.05) is 0 Å². The highest BCUT2D eigenvalue weighted by Crippen LogP contribution is 2.38. The van der Waals surface area contributed by atoms with E-state index in [0.717, 1.165) is 22.5 Å². The van der Waals surface area contributed by atoms with Gasteiger partial charge in [-0.2, -0.15) is 0 Å². The summed E-state index contributed by atoms with van der Waals surface area (Å²) in [5.41, 5.74) is 0. The SMILES string of the molecule is CCCCCCCC[C@H]1CCC[C@@H]1CCCCCCC(=S)S. The number of thiocarbonyl (C=S) groups is 1. The van der Waals surface area contributed by atoms with Crippen LogP contribution >= 0.6 is 24.8 Å². The standard InChI is InChI=1S/C20H38S2/c1-2-3-4-5-6-9-13-18-15-12-16-19(18)14-10-7-8-11-17-20(21)22/h18-19H,2-17H2,1H3,(H,21,22)/t18-,19-/m0/s1. The van der Waals surface area contributed by atoms with Gasteiger partial charge < -0.3 is 0 Å². The summed E-state index contributed by atoms with van der Waals surface area (Å²) in [4.78, 5) is 0. The molecule has 2 atom stereocenters. The van der Waals surface area contributed by atoms with Crippen molar-refractivity contribution in [3.05, 3.63) is 0 Å². The van der Waals surface area contributed by atoms with Gasteiger partial charge in [-0.1, -0.05) is 109 Å². The third-order valence-electron chi connectivity index (χ3n) is 5.46. The maximum Gasteiger partial charge on any atom is 0.0448 e. The summed E-state index contributed by atoms with van der Waals surface area (Å²) in [6.45, 7) is 2.30. The molecule has 0 radical (unpaired) electrons. The van der Waals surface area contributed by atoms with Crippen LogP contribution in [-0.4, -0.2) is 4.20 Å². The Hall–Kier alpha value is 0.440. The van der Waals surface area contributed by atoms with E-state index in [1.54, 1.807) is 0 Å². The van der Waals surface area contributed by atoms with E-state index in [1.807, 2.05) is 0 Å². The number of hydrogen-bond donors (Lipinski definition) is 1. The van der Waals surface area contributed by atoms with Crippen LogP contribution < -0.4 is 0 Å². The Morgan fingerprint density at radius 2 is 1.32 bits per heavy atom. The van der Waals surface area contributed by atoms with E-state index >= 15 is 0 Å². The molecule has 0 unspecified atom stereocenters. The first-order valence-electron chi connectivity index (χ1n) is 9.95. The van der Waals surface area contributed by atoms with Crippen molar-refractivity contribution in [3.8, 4) is 0 Å². The molecular formula is C20H38S2. The van der Waals surface area contributed by atoms with Gasteiger partial charge >= 0.3 is 0 Å². The van der Waals surface area contributed by atoms with Gasteiger partial charge in [-0.25, -0.2) is 0 Å². The molecule has 0 aliphatic heterocycles. The molecule has 0 amide bonds. The van der Waals surface area contributed by atoms with Crippen molar-refractivity contribution in [2.45, 2.75) is 110 Å². The van der Waals surface area contributed by atoms with E-state index in [1.165, 1.54) is 96.3 Å². The van der Waals surface area contributed by atoms with Crippen LogP contribution in [0, 0.1) is 11.8 Å². The molecule has 0 N–H and O–H groups in total. The van der Waals surface area contributed by atoms with Crippen LogP contribution in [0.4, 0.5) is 0 Å². The molecule has 0 aromatic heterocycles. The average Bonchev–Trinajstić information content (AvgIpc) is 2.93. The lowest BCUT2D eigenvalue weighted by Gasteiger charge is -2.19. The average molecular weight is 343 g/mol. The Bertz CT molecular complexity index is 275. The van der Waals surface area contributed by atoms with Gasteiger partial charge in [0.1, 0.15) is 0 Å². The third-order valence-corrected chi connectivity index (χ3v) is 5.89. The minimum atomic E-state index is 0.884. The summed E-state index contributed by atoms with van der Waals surface area (Å²) in [6, 6.07) is 0. The number of thiol groups is 1. The van der Waals surface area contributed by atoms with Gasteiger partial charge in [-0.3, -0.25) is 0 Å². The quantitative estimate of drug-likeness (QED) is 0.191. The van der Waals surface area contributed by atoms with Crippen LogP contribution in [-0.2, 0) is 0 Å². The van der Waals surface area contributed by atoms with Gasteiger partial charge in [0.2, 0.25) is 0 Å². The van der Waals surface area contributed by atoms with Crippen LogP contribution in [0.25, 0.3) is 0 Å². The topological polar surface area (TPSA) is 0 Å². The van der Waals surface area contributed by atoms with Crippen LogP contribution in [0.15, 0.2) is 0 Å². The largest absolute Gasteiger partial charge is 0.136 e. The van der Waals surface area contributed by atoms with Gasteiger partial charge in [0.05, 0.1) is 0 Å². The fourth-order valence-corrected chi connectivity index (χ4v) is 4.40. The van der Waals surface area contributed by atoms with Crippen LogP contribution in [0.1, 0.15) is 110 Å². The molecule has 1 fully saturated rings. The van der Waals surface area contributed by atoms with Crippen LogP contribution in [0.2, 0.25) is 0 Å². The van der Waals surface area contributed by atoms with E-state index in [-0.39, 0.29) is 0 Å². The van der Waals surface area contributed by atoms with E-state index in [9.17, 15) is 0 Å². The molecule has 0 aromatic rings. The highest BCUT2D eigenvalue weighted by atomic mass is 32.1. The summed E-state index contributed by atoms with van der Waals surface area (Å²) >= 11 is 9.21. The molecular weight excluding hydrogens is 304 g/mol. The Morgan fingerprint density at radius 1 is 0.818 bits per heavy atom. The highest BCUT2D eigenvalue weighted by molar-refractivity contribution is 8.11. The molecule has 0 spiro atoms. The lowest BCUT2D eigenvalue weighted by molar-refractivity contribution is 0.322. The third kappa shape index (κ3) is 10.3. The second kappa shape index (κ2) is 13.8. The smallest absolute Gasteiger partial charge is 0.0448 e. The van der Waals surface area contributed by atoms with Crippen LogP contribution in [0.3, 0.4) is 0 Å². The van der Waals surface area contributed by atoms with Crippen molar-refractivity contribution in [1.82, 2.24) is 0 Å². The molecule has 130 valence electrons. The molecule has 0 saturated heterocycles. The van der Waals surface area contributed by atoms with E-state index in [4.69, 9.17) is 12.2 Å². The second-order valence-electron chi connectivity index (χ2n) is 7.35. The van der Waals surface area contributed by atoms with E-state index in [2.05, 4.69) is 19.6 Å². The Balaban J connectivity index is 1.99. The molecule has 0 heterocycles. The fourth-order valence-electron chi connectivity index (χ4n) is 4.10. The second-order valence-corrected chi connectivity index (χ2v) is 8.69. The lowest BCUT2D eigenvalue weighted by Crippen LogP contribution is -2.08.